The molecule has 114 valence electrons. The summed E-state index contributed by atoms with van der Waals surface area (Å²) in [5.41, 5.74) is 0. The Kier molecular flexibility index (Phi) is 5.98. The molecule has 20 heavy (non-hydrogen) atoms. The number of rotatable bonds is 5. The van der Waals surface area contributed by atoms with E-state index in [1.165, 1.54) is 0 Å². The Balaban J connectivity index is 1.69. The van der Waals surface area contributed by atoms with Gasteiger partial charge in [-0.05, 0) is 45.4 Å². The van der Waals surface area contributed by atoms with E-state index in [1.54, 1.807) is 6.92 Å². The summed E-state index contributed by atoms with van der Waals surface area (Å²) in [5.74, 6) is -0.409. The maximum absolute atomic E-state index is 11.9. The second-order valence-electron chi connectivity index (χ2n) is 5.60. The number of carbonyl (C=O) groups is 2. The van der Waals surface area contributed by atoms with Crippen LogP contribution in [-0.2, 0) is 23.8 Å². The monoisotopic (exact) mass is 284 g/mol. The number of esters is 1. The molecule has 0 N–H and O–H groups in total. The Labute approximate surface area is 120 Å². The Morgan fingerprint density at radius 2 is 2.10 bits per heavy atom. The summed E-state index contributed by atoms with van der Waals surface area (Å²) in [4.78, 5) is 23.5. The maximum atomic E-state index is 11.9. The molecule has 0 amide bonds. The van der Waals surface area contributed by atoms with Gasteiger partial charge < -0.3 is 14.2 Å². The summed E-state index contributed by atoms with van der Waals surface area (Å²) < 4.78 is 16.3. The van der Waals surface area contributed by atoms with Crippen LogP contribution in [0, 0.1) is 0 Å². The zero-order valence-electron chi connectivity index (χ0n) is 12.1. The molecule has 5 nitrogen and oxygen atoms in total. The average Bonchev–Trinajstić information content (AvgIpc) is 2.48. The quantitative estimate of drug-likeness (QED) is 0.723. The molecule has 0 radical (unpaired) electrons. The van der Waals surface area contributed by atoms with Crippen molar-refractivity contribution in [3.63, 3.8) is 0 Å². The number of hydrogen-bond donors (Lipinski definition) is 0. The van der Waals surface area contributed by atoms with E-state index in [9.17, 15) is 9.59 Å². The van der Waals surface area contributed by atoms with Gasteiger partial charge in [-0.25, -0.2) is 4.79 Å². The third-order valence-electron chi connectivity index (χ3n) is 3.90. The molecule has 5 heteroatoms. The van der Waals surface area contributed by atoms with Crippen LogP contribution >= 0.6 is 0 Å². The first-order valence-corrected chi connectivity index (χ1v) is 7.63. The minimum absolute atomic E-state index is 0.0346. The topological polar surface area (TPSA) is 61.8 Å². The molecule has 2 fully saturated rings. The second-order valence-corrected chi connectivity index (χ2v) is 5.60. The van der Waals surface area contributed by atoms with Crippen molar-refractivity contribution in [1.29, 1.82) is 0 Å². The van der Waals surface area contributed by atoms with E-state index in [1.807, 2.05) is 0 Å². The highest BCUT2D eigenvalue weighted by Gasteiger charge is 2.28. The number of ketones is 1. The Hall–Kier alpha value is -0.940. The van der Waals surface area contributed by atoms with Gasteiger partial charge in [0, 0.05) is 13.0 Å². The SMILES string of the molecule is C[C@H](OC[C@@H]1CCCCO1)C(=O)O[C@@H]1CCCCC1=O. The van der Waals surface area contributed by atoms with Crippen molar-refractivity contribution in [3.05, 3.63) is 0 Å². The molecule has 2 aliphatic rings. The van der Waals surface area contributed by atoms with Crippen LogP contribution in [0.3, 0.4) is 0 Å². The summed E-state index contributed by atoms with van der Waals surface area (Å²) in [6.45, 7) is 2.84. The van der Waals surface area contributed by atoms with Crippen molar-refractivity contribution in [2.45, 2.75) is 70.2 Å². The van der Waals surface area contributed by atoms with Crippen LogP contribution in [0.15, 0.2) is 0 Å². The average molecular weight is 284 g/mol. The summed E-state index contributed by atoms with van der Waals surface area (Å²) in [7, 11) is 0. The molecule has 0 spiro atoms. The summed E-state index contributed by atoms with van der Waals surface area (Å²) >= 11 is 0. The molecule has 0 bridgehead atoms. The largest absolute Gasteiger partial charge is 0.452 e. The van der Waals surface area contributed by atoms with Crippen LogP contribution in [0.25, 0.3) is 0 Å². The summed E-state index contributed by atoms with van der Waals surface area (Å²) in [5, 5.41) is 0. The Bertz CT molecular complexity index is 335. The molecule has 0 aromatic carbocycles. The van der Waals surface area contributed by atoms with Crippen LogP contribution < -0.4 is 0 Å². The van der Waals surface area contributed by atoms with Gasteiger partial charge in [0.1, 0.15) is 0 Å². The van der Waals surface area contributed by atoms with E-state index in [0.29, 0.717) is 19.4 Å². The number of hydrogen-bond acceptors (Lipinski definition) is 5. The lowest BCUT2D eigenvalue weighted by molar-refractivity contribution is -0.169. The molecular formula is C15H24O5. The fraction of sp³-hybridized carbons (Fsp3) is 0.867. The van der Waals surface area contributed by atoms with E-state index in [4.69, 9.17) is 14.2 Å². The molecule has 1 saturated heterocycles. The predicted octanol–water partition coefficient (Wildman–Crippen LogP) is 2.02. The van der Waals surface area contributed by atoms with Gasteiger partial charge in [0.05, 0.1) is 12.7 Å². The number of carbonyl (C=O) groups excluding carboxylic acids is 2. The third kappa shape index (κ3) is 4.56. The van der Waals surface area contributed by atoms with Crippen molar-refractivity contribution in [2.24, 2.45) is 0 Å². The minimum Gasteiger partial charge on any atom is -0.452 e. The molecule has 1 saturated carbocycles. The van der Waals surface area contributed by atoms with Gasteiger partial charge in [-0.15, -0.1) is 0 Å². The smallest absolute Gasteiger partial charge is 0.335 e. The number of ether oxygens (including phenoxy) is 3. The van der Waals surface area contributed by atoms with Crippen LogP contribution in [0.4, 0.5) is 0 Å². The van der Waals surface area contributed by atoms with Crippen molar-refractivity contribution in [3.8, 4) is 0 Å². The molecule has 0 aromatic rings. The van der Waals surface area contributed by atoms with Crippen molar-refractivity contribution < 1.29 is 23.8 Å². The molecule has 1 aliphatic carbocycles. The predicted molar refractivity (Wildman–Crippen MR) is 72.4 cm³/mol. The lowest BCUT2D eigenvalue weighted by Crippen LogP contribution is -2.36. The zero-order chi connectivity index (χ0) is 14.4. The van der Waals surface area contributed by atoms with Crippen LogP contribution in [-0.4, -0.2) is 43.3 Å². The van der Waals surface area contributed by atoms with E-state index in [-0.39, 0.29) is 11.9 Å². The summed E-state index contributed by atoms with van der Waals surface area (Å²) in [6, 6.07) is 0. The van der Waals surface area contributed by atoms with Gasteiger partial charge in [-0.2, -0.15) is 0 Å². The van der Waals surface area contributed by atoms with Gasteiger partial charge in [0.15, 0.2) is 18.0 Å². The van der Waals surface area contributed by atoms with E-state index < -0.39 is 18.2 Å². The highest BCUT2D eigenvalue weighted by molar-refractivity contribution is 5.86. The van der Waals surface area contributed by atoms with E-state index in [0.717, 1.165) is 38.7 Å². The third-order valence-corrected chi connectivity index (χ3v) is 3.90. The zero-order valence-corrected chi connectivity index (χ0v) is 12.1. The van der Waals surface area contributed by atoms with Gasteiger partial charge in [-0.1, -0.05) is 0 Å². The fourth-order valence-corrected chi connectivity index (χ4v) is 2.57. The molecule has 0 unspecified atom stereocenters. The highest BCUT2D eigenvalue weighted by Crippen LogP contribution is 2.18. The van der Waals surface area contributed by atoms with Crippen molar-refractivity contribution in [2.75, 3.05) is 13.2 Å². The van der Waals surface area contributed by atoms with E-state index >= 15 is 0 Å². The molecule has 2 rings (SSSR count). The molecule has 3 atom stereocenters. The van der Waals surface area contributed by atoms with Gasteiger partial charge in [0.2, 0.25) is 0 Å². The van der Waals surface area contributed by atoms with Crippen LogP contribution in [0.2, 0.25) is 0 Å². The molecule has 0 aromatic heterocycles. The van der Waals surface area contributed by atoms with Gasteiger partial charge in [0.25, 0.3) is 0 Å². The van der Waals surface area contributed by atoms with E-state index in [2.05, 4.69) is 0 Å². The second kappa shape index (κ2) is 7.74. The van der Waals surface area contributed by atoms with Gasteiger partial charge >= 0.3 is 5.97 Å². The lowest BCUT2D eigenvalue weighted by Gasteiger charge is -2.25. The maximum Gasteiger partial charge on any atom is 0.335 e. The number of Topliss-reactive ketones (excluding diaryl/α,β-unsaturated/α-hetero) is 1. The summed E-state index contributed by atoms with van der Waals surface area (Å²) in [6.07, 6.45) is 5.09. The molecule has 1 heterocycles. The first kappa shape index (κ1) is 15.4. The van der Waals surface area contributed by atoms with Crippen LogP contribution in [0.5, 0.6) is 0 Å². The molecular weight excluding hydrogens is 260 g/mol. The van der Waals surface area contributed by atoms with Crippen LogP contribution in [0.1, 0.15) is 51.9 Å². The first-order chi connectivity index (χ1) is 9.66. The Morgan fingerprint density at radius 3 is 2.80 bits per heavy atom. The van der Waals surface area contributed by atoms with Gasteiger partial charge in [-0.3, -0.25) is 4.79 Å². The molecule has 1 aliphatic heterocycles. The highest BCUT2D eigenvalue weighted by atomic mass is 16.6. The lowest BCUT2D eigenvalue weighted by atomic mass is 9.96. The normalized spacial score (nSPS) is 28.9. The van der Waals surface area contributed by atoms with Crippen molar-refractivity contribution >= 4 is 11.8 Å². The fourth-order valence-electron chi connectivity index (χ4n) is 2.57. The minimum atomic E-state index is -0.643. The standard InChI is InChI=1S/C15H24O5/c1-11(19-10-12-6-4-5-9-18-12)15(17)20-14-8-3-2-7-13(14)16/h11-12,14H,2-10H2,1H3/t11-,12-,14+/m0/s1. The first-order valence-electron chi connectivity index (χ1n) is 7.63. The van der Waals surface area contributed by atoms with Crippen molar-refractivity contribution in [1.82, 2.24) is 0 Å². The Morgan fingerprint density at radius 1 is 1.30 bits per heavy atom.